The molecule has 0 radical (unpaired) electrons. The molecule has 2 aromatic rings. The highest BCUT2D eigenvalue weighted by Gasteiger charge is 2.09. The second-order valence-corrected chi connectivity index (χ2v) is 7.39. The van der Waals surface area contributed by atoms with E-state index in [-0.39, 0.29) is 5.78 Å². The standard InChI is InChI=1S/C19H20ClNO3S/c20-19-8-7-18(25-19)17(22)6-3-15-1-4-16(5-2-15)24-14-11-21-9-12-23-13-10-21/h1-8H,9-14H2/b6-3+. The Kier molecular flexibility index (Phi) is 6.64. The highest BCUT2D eigenvalue weighted by Crippen LogP contribution is 2.22. The van der Waals surface area contributed by atoms with E-state index < -0.39 is 0 Å². The van der Waals surface area contributed by atoms with E-state index in [9.17, 15) is 4.79 Å². The number of hydrogen-bond donors (Lipinski definition) is 0. The Balaban J connectivity index is 1.46. The van der Waals surface area contributed by atoms with Gasteiger partial charge >= 0.3 is 0 Å². The molecule has 1 aromatic carbocycles. The summed E-state index contributed by atoms with van der Waals surface area (Å²) in [5.41, 5.74) is 0.955. The molecule has 25 heavy (non-hydrogen) atoms. The van der Waals surface area contributed by atoms with Gasteiger partial charge in [0.1, 0.15) is 12.4 Å². The minimum atomic E-state index is -0.0391. The number of allylic oxidation sites excluding steroid dienone is 1. The quantitative estimate of drug-likeness (QED) is 0.540. The number of ether oxygens (including phenoxy) is 2. The minimum absolute atomic E-state index is 0.0391. The zero-order valence-corrected chi connectivity index (χ0v) is 15.4. The third-order valence-corrected chi connectivity index (χ3v) is 5.15. The minimum Gasteiger partial charge on any atom is -0.492 e. The molecule has 0 saturated carbocycles. The molecule has 1 aromatic heterocycles. The van der Waals surface area contributed by atoms with E-state index in [4.69, 9.17) is 21.1 Å². The molecule has 132 valence electrons. The van der Waals surface area contributed by atoms with E-state index in [1.54, 1.807) is 24.3 Å². The molecule has 4 nitrogen and oxygen atoms in total. The normalized spacial score (nSPS) is 15.6. The molecule has 2 heterocycles. The van der Waals surface area contributed by atoms with Crippen LogP contribution in [0.5, 0.6) is 5.75 Å². The van der Waals surface area contributed by atoms with Crippen molar-refractivity contribution in [1.82, 2.24) is 4.90 Å². The zero-order chi connectivity index (χ0) is 17.5. The fourth-order valence-corrected chi connectivity index (χ4v) is 3.46. The van der Waals surface area contributed by atoms with Crippen LogP contribution >= 0.6 is 22.9 Å². The number of rotatable bonds is 7. The van der Waals surface area contributed by atoms with Crippen molar-refractivity contribution in [3.63, 3.8) is 0 Å². The average Bonchev–Trinajstić information content (AvgIpc) is 3.08. The lowest BCUT2D eigenvalue weighted by atomic mass is 10.2. The molecule has 0 spiro atoms. The molecule has 1 aliphatic heterocycles. The van der Waals surface area contributed by atoms with Crippen molar-refractivity contribution in [3.05, 3.63) is 57.3 Å². The van der Waals surface area contributed by atoms with Gasteiger partial charge in [-0.1, -0.05) is 29.8 Å². The maximum Gasteiger partial charge on any atom is 0.195 e. The topological polar surface area (TPSA) is 38.8 Å². The molecule has 0 N–H and O–H groups in total. The van der Waals surface area contributed by atoms with Crippen LogP contribution in [0.25, 0.3) is 6.08 Å². The summed E-state index contributed by atoms with van der Waals surface area (Å²) in [6.45, 7) is 5.11. The first-order valence-corrected chi connectivity index (χ1v) is 9.41. The number of morpholine rings is 1. The van der Waals surface area contributed by atoms with Gasteiger partial charge in [-0.3, -0.25) is 9.69 Å². The molecule has 0 atom stereocenters. The van der Waals surface area contributed by atoms with E-state index in [0.717, 1.165) is 44.2 Å². The van der Waals surface area contributed by atoms with E-state index >= 15 is 0 Å². The second kappa shape index (κ2) is 9.15. The van der Waals surface area contributed by atoms with Crippen molar-refractivity contribution in [1.29, 1.82) is 0 Å². The summed E-state index contributed by atoms with van der Waals surface area (Å²) in [6, 6.07) is 11.2. The van der Waals surface area contributed by atoms with Gasteiger partial charge in [-0.2, -0.15) is 0 Å². The van der Waals surface area contributed by atoms with Crippen LogP contribution in [0.15, 0.2) is 42.5 Å². The Bertz CT molecular complexity index is 721. The number of carbonyl (C=O) groups excluding carboxylic acids is 1. The van der Waals surface area contributed by atoms with Gasteiger partial charge in [0.15, 0.2) is 5.78 Å². The van der Waals surface area contributed by atoms with Crippen LogP contribution in [-0.4, -0.2) is 50.1 Å². The van der Waals surface area contributed by atoms with Gasteiger partial charge in [0.25, 0.3) is 0 Å². The molecule has 0 bridgehead atoms. The van der Waals surface area contributed by atoms with Crippen LogP contribution in [0, 0.1) is 0 Å². The summed E-state index contributed by atoms with van der Waals surface area (Å²) >= 11 is 7.14. The van der Waals surface area contributed by atoms with E-state index in [1.807, 2.05) is 24.3 Å². The van der Waals surface area contributed by atoms with Gasteiger partial charge in [-0.05, 0) is 35.9 Å². The Hall–Kier alpha value is -1.66. The fourth-order valence-electron chi connectivity index (χ4n) is 2.49. The number of halogens is 1. The molecule has 0 unspecified atom stereocenters. The second-order valence-electron chi connectivity index (χ2n) is 5.67. The molecule has 1 fully saturated rings. The lowest BCUT2D eigenvalue weighted by molar-refractivity contribution is 0.0322. The van der Waals surface area contributed by atoms with Gasteiger partial charge in [-0.25, -0.2) is 0 Å². The first kappa shape index (κ1) is 18.1. The Labute approximate surface area is 156 Å². The number of thiophene rings is 1. The van der Waals surface area contributed by atoms with Crippen LogP contribution in [-0.2, 0) is 4.74 Å². The first-order chi connectivity index (χ1) is 12.2. The van der Waals surface area contributed by atoms with E-state index in [1.165, 1.54) is 11.3 Å². The first-order valence-electron chi connectivity index (χ1n) is 8.21. The van der Waals surface area contributed by atoms with Crippen molar-refractivity contribution in [2.24, 2.45) is 0 Å². The highest BCUT2D eigenvalue weighted by molar-refractivity contribution is 7.18. The van der Waals surface area contributed by atoms with Crippen molar-refractivity contribution < 1.29 is 14.3 Å². The van der Waals surface area contributed by atoms with Gasteiger partial charge in [-0.15, -0.1) is 11.3 Å². The molecule has 1 saturated heterocycles. The van der Waals surface area contributed by atoms with E-state index in [2.05, 4.69) is 4.90 Å². The van der Waals surface area contributed by atoms with Crippen LogP contribution < -0.4 is 4.74 Å². The van der Waals surface area contributed by atoms with Crippen LogP contribution in [0.2, 0.25) is 4.34 Å². The number of nitrogens with zero attached hydrogens (tertiary/aromatic N) is 1. The Morgan fingerprint density at radius 1 is 1.20 bits per heavy atom. The lowest BCUT2D eigenvalue weighted by Crippen LogP contribution is -2.38. The van der Waals surface area contributed by atoms with Gasteiger partial charge < -0.3 is 9.47 Å². The predicted molar refractivity (Wildman–Crippen MR) is 102 cm³/mol. The van der Waals surface area contributed by atoms with E-state index in [0.29, 0.717) is 15.8 Å². The number of benzene rings is 1. The molecular formula is C19H20ClNO3S. The third-order valence-electron chi connectivity index (χ3n) is 3.90. The summed E-state index contributed by atoms with van der Waals surface area (Å²) in [5, 5.41) is 0. The van der Waals surface area contributed by atoms with Crippen molar-refractivity contribution >= 4 is 34.8 Å². The summed E-state index contributed by atoms with van der Waals surface area (Å²) in [4.78, 5) is 15.0. The van der Waals surface area contributed by atoms with Crippen molar-refractivity contribution in [3.8, 4) is 5.75 Å². The summed E-state index contributed by atoms with van der Waals surface area (Å²) < 4.78 is 11.7. The molecule has 0 amide bonds. The predicted octanol–water partition coefficient (Wildman–Crippen LogP) is 4.01. The molecule has 1 aliphatic rings. The van der Waals surface area contributed by atoms with Crippen LogP contribution in [0.1, 0.15) is 15.2 Å². The van der Waals surface area contributed by atoms with Gasteiger partial charge in [0.2, 0.25) is 0 Å². The summed E-state index contributed by atoms with van der Waals surface area (Å²) in [6.07, 6.45) is 3.37. The SMILES string of the molecule is O=C(/C=C/c1ccc(OCCN2CCOCC2)cc1)c1ccc(Cl)s1. The number of ketones is 1. The summed E-state index contributed by atoms with van der Waals surface area (Å²) in [5.74, 6) is 0.796. The van der Waals surface area contributed by atoms with Gasteiger partial charge in [0.05, 0.1) is 22.4 Å². The van der Waals surface area contributed by atoms with Gasteiger partial charge in [0, 0.05) is 19.6 Å². The number of carbonyl (C=O) groups is 1. The van der Waals surface area contributed by atoms with Crippen molar-refractivity contribution in [2.45, 2.75) is 0 Å². The molecular weight excluding hydrogens is 358 g/mol. The smallest absolute Gasteiger partial charge is 0.195 e. The monoisotopic (exact) mass is 377 g/mol. The maximum absolute atomic E-state index is 12.0. The Morgan fingerprint density at radius 3 is 2.64 bits per heavy atom. The summed E-state index contributed by atoms with van der Waals surface area (Å²) in [7, 11) is 0. The van der Waals surface area contributed by atoms with Crippen LogP contribution in [0.4, 0.5) is 0 Å². The van der Waals surface area contributed by atoms with Crippen LogP contribution in [0.3, 0.4) is 0 Å². The molecule has 6 heteroatoms. The van der Waals surface area contributed by atoms with Crippen molar-refractivity contribution in [2.75, 3.05) is 39.5 Å². The zero-order valence-electron chi connectivity index (χ0n) is 13.8. The molecule has 3 rings (SSSR count). The third kappa shape index (κ3) is 5.68. The fraction of sp³-hybridized carbons (Fsp3) is 0.316. The maximum atomic E-state index is 12.0. The molecule has 0 aliphatic carbocycles. The highest BCUT2D eigenvalue weighted by atomic mass is 35.5. The largest absolute Gasteiger partial charge is 0.492 e. The lowest BCUT2D eigenvalue weighted by Gasteiger charge is -2.26. The average molecular weight is 378 g/mol. The number of hydrogen-bond acceptors (Lipinski definition) is 5. The Morgan fingerprint density at radius 2 is 1.96 bits per heavy atom.